The second-order valence-electron chi connectivity index (χ2n) is 6.69. The van der Waals surface area contributed by atoms with Crippen molar-refractivity contribution in [2.75, 3.05) is 26.2 Å². The fourth-order valence-electron chi connectivity index (χ4n) is 3.80. The van der Waals surface area contributed by atoms with Gasteiger partial charge in [0.25, 0.3) is 5.91 Å². The van der Waals surface area contributed by atoms with Gasteiger partial charge in [0, 0.05) is 51.9 Å². The van der Waals surface area contributed by atoms with Crippen LogP contribution in [-0.4, -0.2) is 58.6 Å². The topological polar surface area (TPSA) is 37.7 Å². The SMILES string of the molecule is Cn1cccc1C(=O)N1CCN2C[C@H](Oc3ccccc3)C[C@H]2C1. The summed E-state index contributed by atoms with van der Waals surface area (Å²) in [5.74, 6) is 1.06. The molecule has 0 N–H and O–H groups in total. The van der Waals surface area contributed by atoms with Crippen LogP contribution in [0.2, 0.25) is 0 Å². The van der Waals surface area contributed by atoms with E-state index in [0.29, 0.717) is 6.04 Å². The monoisotopic (exact) mass is 325 g/mol. The average molecular weight is 325 g/mol. The maximum atomic E-state index is 12.7. The van der Waals surface area contributed by atoms with Crippen LogP contribution in [0, 0.1) is 0 Å². The highest BCUT2D eigenvalue weighted by Crippen LogP contribution is 2.26. The maximum absolute atomic E-state index is 12.7. The van der Waals surface area contributed by atoms with Gasteiger partial charge in [-0.15, -0.1) is 0 Å². The highest BCUT2D eigenvalue weighted by molar-refractivity contribution is 5.92. The van der Waals surface area contributed by atoms with Gasteiger partial charge in [0.2, 0.25) is 0 Å². The predicted molar refractivity (Wildman–Crippen MR) is 92.2 cm³/mol. The summed E-state index contributed by atoms with van der Waals surface area (Å²) in [4.78, 5) is 17.1. The normalized spacial score (nSPS) is 24.0. The molecule has 5 nitrogen and oxygen atoms in total. The number of nitrogens with zero attached hydrogens (tertiary/aromatic N) is 3. The lowest BCUT2D eigenvalue weighted by molar-refractivity contribution is 0.0561. The number of benzene rings is 1. The van der Waals surface area contributed by atoms with Gasteiger partial charge in [0.15, 0.2) is 0 Å². The van der Waals surface area contributed by atoms with Gasteiger partial charge < -0.3 is 14.2 Å². The van der Waals surface area contributed by atoms with Crippen LogP contribution in [0.4, 0.5) is 0 Å². The van der Waals surface area contributed by atoms with Crippen LogP contribution < -0.4 is 4.74 Å². The molecule has 24 heavy (non-hydrogen) atoms. The van der Waals surface area contributed by atoms with Gasteiger partial charge in [-0.3, -0.25) is 9.69 Å². The fraction of sp³-hybridized carbons (Fsp3) is 0.421. The number of aromatic nitrogens is 1. The number of rotatable bonds is 3. The Bertz CT molecular complexity index is 712. The standard InChI is InChI=1S/C19H23N3O2/c1-20-9-5-8-18(20)19(23)22-11-10-21-14-17(12-15(21)13-22)24-16-6-3-2-4-7-16/h2-9,15,17H,10-14H2,1H3/t15-,17+/m0/s1. The quantitative estimate of drug-likeness (QED) is 0.866. The second-order valence-corrected chi connectivity index (χ2v) is 6.69. The molecule has 2 fully saturated rings. The zero-order valence-corrected chi connectivity index (χ0v) is 14.0. The molecule has 0 radical (unpaired) electrons. The molecule has 0 aliphatic carbocycles. The van der Waals surface area contributed by atoms with Crippen LogP contribution in [-0.2, 0) is 7.05 Å². The van der Waals surface area contributed by atoms with Crippen molar-refractivity contribution >= 4 is 5.91 Å². The summed E-state index contributed by atoms with van der Waals surface area (Å²) in [5.41, 5.74) is 0.763. The molecular weight excluding hydrogens is 302 g/mol. The van der Waals surface area contributed by atoms with E-state index >= 15 is 0 Å². The van der Waals surface area contributed by atoms with Gasteiger partial charge >= 0.3 is 0 Å². The number of carbonyl (C=O) groups excluding carboxylic acids is 1. The second kappa shape index (κ2) is 6.32. The van der Waals surface area contributed by atoms with Crippen molar-refractivity contribution in [1.82, 2.24) is 14.4 Å². The Labute approximate surface area is 142 Å². The lowest BCUT2D eigenvalue weighted by Gasteiger charge is -2.37. The first kappa shape index (κ1) is 15.3. The third-order valence-electron chi connectivity index (χ3n) is 5.07. The molecular formula is C19H23N3O2. The van der Waals surface area contributed by atoms with Gasteiger partial charge in [0.05, 0.1) is 0 Å². The number of para-hydroxylation sites is 1. The summed E-state index contributed by atoms with van der Waals surface area (Å²) in [5, 5.41) is 0. The van der Waals surface area contributed by atoms with Crippen molar-refractivity contribution in [1.29, 1.82) is 0 Å². The molecule has 126 valence electrons. The van der Waals surface area contributed by atoms with E-state index in [9.17, 15) is 4.79 Å². The minimum absolute atomic E-state index is 0.134. The first-order valence-corrected chi connectivity index (χ1v) is 8.57. The van der Waals surface area contributed by atoms with Crippen molar-refractivity contribution in [3.8, 4) is 5.75 Å². The molecule has 2 atom stereocenters. The summed E-state index contributed by atoms with van der Waals surface area (Å²) >= 11 is 0. The van der Waals surface area contributed by atoms with Gasteiger partial charge in [0.1, 0.15) is 17.5 Å². The van der Waals surface area contributed by atoms with E-state index < -0.39 is 0 Å². The number of amides is 1. The van der Waals surface area contributed by atoms with E-state index in [1.807, 2.05) is 65.2 Å². The minimum Gasteiger partial charge on any atom is -0.489 e. The average Bonchev–Trinajstić information content (AvgIpc) is 3.19. The van der Waals surface area contributed by atoms with Crippen LogP contribution in [0.1, 0.15) is 16.9 Å². The molecule has 2 aromatic rings. The molecule has 2 aliphatic rings. The molecule has 1 aromatic carbocycles. The molecule has 1 aromatic heterocycles. The Kier molecular flexibility index (Phi) is 4.02. The molecule has 2 saturated heterocycles. The van der Waals surface area contributed by atoms with Crippen molar-refractivity contribution in [3.05, 3.63) is 54.4 Å². The zero-order chi connectivity index (χ0) is 16.5. The number of fused-ring (bicyclic) bond motifs is 1. The lowest BCUT2D eigenvalue weighted by Crippen LogP contribution is -2.52. The summed E-state index contributed by atoms with van der Waals surface area (Å²) in [7, 11) is 1.92. The summed E-state index contributed by atoms with van der Waals surface area (Å²) in [6.07, 6.45) is 3.11. The highest BCUT2D eigenvalue weighted by Gasteiger charge is 2.38. The molecule has 0 saturated carbocycles. The van der Waals surface area contributed by atoms with E-state index in [4.69, 9.17) is 4.74 Å². The van der Waals surface area contributed by atoms with Crippen molar-refractivity contribution < 1.29 is 9.53 Å². The van der Waals surface area contributed by atoms with Gasteiger partial charge in [-0.25, -0.2) is 0 Å². The molecule has 5 heteroatoms. The first-order valence-electron chi connectivity index (χ1n) is 8.57. The number of piperazine rings is 1. The van der Waals surface area contributed by atoms with Gasteiger partial charge in [-0.1, -0.05) is 18.2 Å². The molecule has 0 spiro atoms. The van der Waals surface area contributed by atoms with Crippen LogP contribution in [0.3, 0.4) is 0 Å². The lowest BCUT2D eigenvalue weighted by atomic mass is 10.1. The predicted octanol–water partition coefficient (Wildman–Crippen LogP) is 2.00. The molecule has 3 heterocycles. The van der Waals surface area contributed by atoms with E-state index in [2.05, 4.69) is 4.90 Å². The number of hydrogen-bond acceptors (Lipinski definition) is 3. The van der Waals surface area contributed by atoms with Crippen LogP contribution >= 0.6 is 0 Å². The number of hydrogen-bond donors (Lipinski definition) is 0. The van der Waals surface area contributed by atoms with Gasteiger partial charge in [-0.2, -0.15) is 0 Å². The minimum atomic E-state index is 0.134. The Morgan fingerprint density at radius 3 is 2.67 bits per heavy atom. The Morgan fingerprint density at radius 1 is 1.08 bits per heavy atom. The maximum Gasteiger partial charge on any atom is 0.270 e. The summed E-state index contributed by atoms with van der Waals surface area (Å²) in [6, 6.07) is 14.2. The summed E-state index contributed by atoms with van der Waals surface area (Å²) in [6.45, 7) is 3.46. The van der Waals surface area contributed by atoms with Crippen molar-refractivity contribution in [2.45, 2.75) is 18.6 Å². The van der Waals surface area contributed by atoms with Crippen LogP contribution in [0.5, 0.6) is 5.75 Å². The molecule has 0 bridgehead atoms. The smallest absolute Gasteiger partial charge is 0.270 e. The molecule has 2 aliphatic heterocycles. The number of aryl methyl sites for hydroxylation is 1. The van der Waals surface area contributed by atoms with Crippen molar-refractivity contribution in [3.63, 3.8) is 0 Å². The molecule has 0 unspecified atom stereocenters. The highest BCUT2D eigenvalue weighted by atomic mass is 16.5. The molecule has 1 amide bonds. The number of carbonyl (C=O) groups is 1. The van der Waals surface area contributed by atoms with Crippen LogP contribution in [0.15, 0.2) is 48.7 Å². The van der Waals surface area contributed by atoms with Crippen molar-refractivity contribution in [2.24, 2.45) is 7.05 Å². The fourth-order valence-corrected chi connectivity index (χ4v) is 3.80. The third-order valence-corrected chi connectivity index (χ3v) is 5.07. The van der Waals surface area contributed by atoms with Gasteiger partial charge in [-0.05, 0) is 24.3 Å². The first-order chi connectivity index (χ1) is 11.7. The van der Waals surface area contributed by atoms with E-state index in [1.165, 1.54) is 0 Å². The van der Waals surface area contributed by atoms with E-state index in [1.54, 1.807) is 0 Å². The number of ether oxygens (including phenoxy) is 1. The molecule has 4 rings (SSSR count). The Balaban J connectivity index is 1.39. The Hall–Kier alpha value is -2.27. The third kappa shape index (κ3) is 2.91. The van der Waals surface area contributed by atoms with E-state index in [-0.39, 0.29) is 12.0 Å². The van der Waals surface area contributed by atoms with E-state index in [0.717, 1.165) is 44.0 Å². The Morgan fingerprint density at radius 2 is 1.92 bits per heavy atom. The van der Waals surface area contributed by atoms with Crippen LogP contribution in [0.25, 0.3) is 0 Å². The largest absolute Gasteiger partial charge is 0.489 e. The zero-order valence-electron chi connectivity index (χ0n) is 14.0. The summed E-state index contributed by atoms with van der Waals surface area (Å²) < 4.78 is 8.00.